The van der Waals surface area contributed by atoms with E-state index in [2.05, 4.69) is 16.0 Å². The standard InChI is InChI=1S/C30H24N4O5S/c35-28(31-23-14-16-25(17-15-23)34(38)39)20-40-26-13-7-12-24(19-26)32-30(37)27(18-21-8-3-1-4-9-21)33-29(36)22-10-5-2-6-11-22/h1-19H,20H2,(H,31,35)(H,32,37)(H,33,36)/b27-18-. The lowest BCUT2D eigenvalue weighted by molar-refractivity contribution is -0.384. The number of hydrogen-bond acceptors (Lipinski definition) is 6. The highest BCUT2D eigenvalue weighted by molar-refractivity contribution is 8.00. The Morgan fingerprint density at radius 2 is 1.45 bits per heavy atom. The average molecular weight is 553 g/mol. The van der Waals surface area contributed by atoms with E-state index < -0.39 is 16.7 Å². The summed E-state index contributed by atoms with van der Waals surface area (Å²) in [6, 6.07) is 30.3. The van der Waals surface area contributed by atoms with Crippen molar-refractivity contribution in [3.05, 3.63) is 136 Å². The van der Waals surface area contributed by atoms with E-state index in [-0.39, 0.29) is 23.0 Å². The van der Waals surface area contributed by atoms with Crippen LogP contribution in [0.3, 0.4) is 0 Å². The van der Waals surface area contributed by atoms with Gasteiger partial charge in [0.2, 0.25) is 5.91 Å². The first-order valence-corrected chi connectivity index (χ1v) is 13.1. The van der Waals surface area contributed by atoms with Crippen LogP contribution >= 0.6 is 11.8 Å². The maximum atomic E-state index is 13.2. The van der Waals surface area contributed by atoms with Crippen LogP contribution in [0.1, 0.15) is 15.9 Å². The molecule has 0 heterocycles. The van der Waals surface area contributed by atoms with Gasteiger partial charge in [-0.05, 0) is 54.1 Å². The Kier molecular flexibility index (Phi) is 9.41. The molecule has 0 aliphatic carbocycles. The molecule has 3 N–H and O–H groups in total. The molecule has 0 aliphatic rings. The van der Waals surface area contributed by atoms with Crippen LogP contribution in [0.15, 0.2) is 120 Å². The highest BCUT2D eigenvalue weighted by atomic mass is 32.2. The van der Waals surface area contributed by atoms with Gasteiger partial charge in [0.05, 0.1) is 10.7 Å². The van der Waals surface area contributed by atoms with Crippen LogP contribution in [0.5, 0.6) is 0 Å². The number of non-ortho nitro benzene ring substituents is 1. The van der Waals surface area contributed by atoms with Gasteiger partial charge in [0, 0.05) is 34.0 Å². The van der Waals surface area contributed by atoms with E-state index in [1.165, 1.54) is 36.0 Å². The number of nitro groups is 1. The smallest absolute Gasteiger partial charge is 0.272 e. The molecule has 0 saturated carbocycles. The van der Waals surface area contributed by atoms with Gasteiger partial charge in [-0.1, -0.05) is 54.6 Å². The largest absolute Gasteiger partial charge is 0.325 e. The molecule has 0 atom stereocenters. The lowest BCUT2D eigenvalue weighted by atomic mass is 10.1. The van der Waals surface area contributed by atoms with Crippen LogP contribution in [0.25, 0.3) is 6.08 Å². The molecule has 0 fully saturated rings. The number of anilines is 2. The maximum Gasteiger partial charge on any atom is 0.272 e. The summed E-state index contributed by atoms with van der Waals surface area (Å²) in [4.78, 5) is 49.4. The minimum Gasteiger partial charge on any atom is -0.325 e. The molecule has 0 aliphatic heterocycles. The fourth-order valence-electron chi connectivity index (χ4n) is 3.53. The van der Waals surface area contributed by atoms with E-state index in [0.717, 1.165) is 10.5 Å². The summed E-state index contributed by atoms with van der Waals surface area (Å²) in [7, 11) is 0. The van der Waals surface area contributed by atoms with E-state index in [1.807, 2.05) is 30.3 Å². The minimum absolute atomic E-state index is 0.0624. The zero-order valence-electron chi connectivity index (χ0n) is 21.1. The third-order valence-electron chi connectivity index (χ3n) is 5.46. The van der Waals surface area contributed by atoms with E-state index in [9.17, 15) is 24.5 Å². The van der Waals surface area contributed by atoms with Gasteiger partial charge in [-0.15, -0.1) is 11.8 Å². The number of nitro benzene ring substituents is 1. The lowest BCUT2D eigenvalue weighted by Gasteiger charge is -2.12. The van der Waals surface area contributed by atoms with Gasteiger partial charge >= 0.3 is 0 Å². The molecule has 200 valence electrons. The van der Waals surface area contributed by atoms with E-state index in [4.69, 9.17) is 0 Å². The van der Waals surface area contributed by atoms with Gasteiger partial charge in [-0.3, -0.25) is 24.5 Å². The molecule has 0 radical (unpaired) electrons. The van der Waals surface area contributed by atoms with Crippen LogP contribution in [-0.4, -0.2) is 28.4 Å². The quantitative estimate of drug-likeness (QED) is 0.0996. The molecule has 3 amide bonds. The van der Waals surface area contributed by atoms with Gasteiger partial charge in [-0.25, -0.2) is 0 Å². The Balaban J connectivity index is 1.41. The molecule has 0 aromatic heterocycles. The summed E-state index contributed by atoms with van der Waals surface area (Å²) in [5.41, 5.74) is 2.10. The highest BCUT2D eigenvalue weighted by Crippen LogP contribution is 2.23. The topological polar surface area (TPSA) is 130 Å². The van der Waals surface area contributed by atoms with Crippen LogP contribution in [-0.2, 0) is 9.59 Å². The summed E-state index contributed by atoms with van der Waals surface area (Å²) in [5, 5.41) is 19.0. The normalized spacial score (nSPS) is 10.8. The van der Waals surface area contributed by atoms with Crippen molar-refractivity contribution in [1.29, 1.82) is 0 Å². The van der Waals surface area contributed by atoms with Gasteiger partial charge in [-0.2, -0.15) is 0 Å². The van der Waals surface area contributed by atoms with Gasteiger partial charge < -0.3 is 16.0 Å². The third kappa shape index (κ3) is 8.14. The number of nitrogens with one attached hydrogen (secondary N) is 3. The number of carbonyl (C=O) groups excluding carboxylic acids is 3. The number of rotatable bonds is 10. The summed E-state index contributed by atoms with van der Waals surface area (Å²) >= 11 is 1.26. The van der Waals surface area contributed by atoms with E-state index in [1.54, 1.807) is 60.7 Å². The van der Waals surface area contributed by atoms with Crippen molar-refractivity contribution in [2.75, 3.05) is 16.4 Å². The first-order chi connectivity index (χ1) is 19.4. The predicted molar refractivity (Wildman–Crippen MR) is 156 cm³/mol. The second-order valence-electron chi connectivity index (χ2n) is 8.41. The van der Waals surface area contributed by atoms with E-state index in [0.29, 0.717) is 16.9 Å². The highest BCUT2D eigenvalue weighted by Gasteiger charge is 2.15. The van der Waals surface area contributed by atoms with Gasteiger partial charge in [0.1, 0.15) is 5.70 Å². The molecular formula is C30H24N4O5S. The Morgan fingerprint density at radius 3 is 2.12 bits per heavy atom. The number of carbonyl (C=O) groups is 3. The number of nitrogens with zero attached hydrogens (tertiary/aromatic N) is 1. The number of benzene rings is 4. The Hall–Kier alpha value is -5.22. The SMILES string of the molecule is O=C(CSc1cccc(NC(=O)/C(=C/c2ccccc2)NC(=O)c2ccccc2)c1)Nc1ccc([N+](=O)[O-])cc1. The molecule has 4 aromatic rings. The van der Waals surface area contributed by atoms with E-state index >= 15 is 0 Å². The fraction of sp³-hybridized carbons (Fsp3) is 0.0333. The summed E-state index contributed by atoms with van der Waals surface area (Å²) in [6.45, 7) is 0. The first-order valence-electron chi connectivity index (χ1n) is 12.1. The molecule has 9 nitrogen and oxygen atoms in total. The number of thioether (sulfide) groups is 1. The van der Waals surface area contributed by atoms with Crippen molar-refractivity contribution in [3.63, 3.8) is 0 Å². The second-order valence-corrected chi connectivity index (χ2v) is 9.46. The second kappa shape index (κ2) is 13.5. The van der Waals surface area contributed by atoms with Crippen LogP contribution in [0, 0.1) is 10.1 Å². The molecule has 4 rings (SSSR count). The zero-order chi connectivity index (χ0) is 28.3. The Labute approximate surface area is 234 Å². The molecule has 40 heavy (non-hydrogen) atoms. The Morgan fingerprint density at radius 1 is 0.775 bits per heavy atom. The zero-order valence-corrected chi connectivity index (χ0v) is 21.9. The van der Waals surface area contributed by atoms with Crippen LogP contribution < -0.4 is 16.0 Å². The minimum atomic E-state index is -0.509. The summed E-state index contributed by atoms with van der Waals surface area (Å²) in [5.74, 6) is -1.13. The van der Waals surface area contributed by atoms with Crippen molar-refractivity contribution in [2.45, 2.75) is 4.90 Å². The summed E-state index contributed by atoms with van der Waals surface area (Å²) < 4.78 is 0. The van der Waals surface area contributed by atoms with Crippen LogP contribution in [0.4, 0.5) is 17.1 Å². The molecule has 0 bridgehead atoms. The van der Waals surface area contributed by atoms with Gasteiger partial charge in [0.25, 0.3) is 17.5 Å². The molecule has 0 spiro atoms. The molecule has 0 unspecified atom stereocenters. The van der Waals surface area contributed by atoms with Crippen molar-refractivity contribution in [3.8, 4) is 0 Å². The maximum absolute atomic E-state index is 13.2. The molecule has 10 heteroatoms. The lowest BCUT2D eigenvalue weighted by Crippen LogP contribution is -2.30. The van der Waals surface area contributed by atoms with Crippen LogP contribution in [0.2, 0.25) is 0 Å². The monoisotopic (exact) mass is 552 g/mol. The Bertz CT molecular complexity index is 1540. The fourth-order valence-corrected chi connectivity index (χ4v) is 4.29. The predicted octanol–water partition coefficient (Wildman–Crippen LogP) is 5.74. The average Bonchev–Trinajstić information content (AvgIpc) is 2.97. The van der Waals surface area contributed by atoms with Crippen molar-refractivity contribution in [2.24, 2.45) is 0 Å². The van der Waals surface area contributed by atoms with Crippen molar-refractivity contribution >= 4 is 52.6 Å². The molecule has 0 saturated heterocycles. The third-order valence-corrected chi connectivity index (χ3v) is 6.46. The van der Waals surface area contributed by atoms with Crippen molar-refractivity contribution < 1.29 is 19.3 Å². The first kappa shape index (κ1) is 27.8. The molecular weight excluding hydrogens is 528 g/mol. The summed E-state index contributed by atoms with van der Waals surface area (Å²) in [6.07, 6.45) is 1.59. The number of amides is 3. The molecule has 4 aromatic carbocycles. The number of hydrogen-bond donors (Lipinski definition) is 3. The van der Waals surface area contributed by atoms with Crippen molar-refractivity contribution in [1.82, 2.24) is 5.32 Å². The van der Waals surface area contributed by atoms with Gasteiger partial charge in [0.15, 0.2) is 0 Å².